The first-order valence-electron chi connectivity index (χ1n) is 17.3. The van der Waals surface area contributed by atoms with Gasteiger partial charge in [-0.3, -0.25) is 9.20 Å². The normalized spacial score (nSPS) is 18.6. The summed E-state index contributed by atoms with van der Waals surface area (Å²) in [5.41, 5.74) is 0.175. The molecule has 0 aliphatic carbocycles. The summed E-state index contributed by atoms with van der Waals surface area (Å²) in [5.74, 6) is -2.85. The molecule has 3 N–H and O–H groups in total. The molecule has 6 rings (SSSR count). The molecule has 0 radical (unpaired) electrons. The Morgan fingerprint density at radius 3 is 2.47 bits per heavy atom. The van der Waals surface area contributed by atoms with E-state index in [4.69, 9.17) is 9.47 Å². The van der Waals surface area contributed by atoms with E-state index in [-0.39, 0.29) is 42.2 Å². The maximum atomic E-state index is 14.5. The van der Waals surface area contributed by atoms with Gasteiger partial charge in [0.15, 0.2) is 5.65 Å². The number of alkyl halides is 3. The van der Waals surface area contributed by atoms with Crippen LogP contribution in [-0.4, -0.2) is 86.5 Å². The van der Waals surface area contributed by atoms with Gasteiger partial charge in [0.25, 0.3) is 0 Å². The van der Waals surface area contributed by atoms with Crippen LogP contribution in [0.4, 0.5) is 19.0 Å². The van der Waals surface area contributed by atoms with E-state index in [1.165, 1.54) is 36.5 Å². The number of rotatable bonds is 10. The van der Waals surface area contributed by atoms with Gasteiger partial charge in [0.05, 0.1) is 25.2 Å². The standard InChI is InChI=1S/C36H43F3N6O7S/c1-21-6-7-24(29(34(4,5)33(47)48)26-10-14-45-30(23(26)3)42-43-32(45)36(37,38)39)18-25(21)19-44-20-35(12-16-51-17-13-35)52-31-27(53(44,49)50)8-9-28(41-31)40-22(2)11-15-46/h6-10,14,18,22,29,46H,11-13,15-17,19-20H2,1-5H3,(H,40,41)(H,47,48)/t22-,29?/m0/s1. The number of benzene rings is 1. The summed E-state index contributed by atoms with van der Waals surface area (Å²) in [6, 6.07) is 9.66. The van der Waals surface area contributed by atoms with E-state index < -0.39 is 44.9 Å². The van der Waals surface area contributed by atoms with Crippen molar-refractivity contribution < 1.29 is 46.1 Å². The molecule has 0 saturated carbocycles. The largest absolute Gasteiger partial charge is 0.481 e. The molecule has 53 heavy (non-hydrogen) atoms. The lowest BCUT2D eigenvalue weighted by molar-refractivity contribution is -0.147. The number of nitrogens with zero attached hydrogens (tertiary/aromatic N) is 5. The number of aliphatic hydroxyl groups excluding tert-OH is 1. The summed E-state index contributed by atoms with van der Waals surface area (Å²) in [4.78, 5) is 17.3. The number of carboxylic acids is 1. The number of carbonyl (C=O) groups is 1. The fraction of sp³-hybridized carbons (Fsp3) is 0.500. The highest BCUT2D eigenvalue weighted by molar-refractivity contribution is 7.89. The van der Waals surface area contributed by atoms with Crippen molar-refractivity contribution in [3.8, 4) is 5.88 Å². The Hall–Kier alpha value is -4.32. The SMILES string of the molecule is Cc1ccc(C(c2ccn3c(C(F)(F)F)nnc3c2C)C(C)(C)C(=O)O)cc1CN1CC2(CCOCC2)Oc2nc(N[C@@H](C)CCO)ccc2S1(=O)=O. The van der Waals surface area contributed by atoms with Gasteiger partial charge in [0.2, 0.25) is 21.7 Å². The van der Waals surface area contributed by atoms with Crippen molar-refractivity contribution in [3.05, 3.63) is 76.2 Å². The molecule has 1 aromatic carbocycles. The number of pyridine rings is 2. The van der Waals surface area contributed by atoms with Crippen LogP contribution in [0.3, 0.4) is 0 Å². The van der Waals surface area contributed by atoms with Crippen LogP contribution in [0, 0.1) is 19.3 Å². The maximum Gasteiger partial charge on any atom is 0.452 e. The molecule has 2 aliphatic heterocycles. The maximum absolute atomic E-state index is 14.5. The Kier molecular flexibility index (Phi) is 10.3. The zero-order chi connectivity index (χ0) is 38.5. The van der Waals surface area contributed by atoms with Gasteiger partial charge in [-0.2, -0.15) is 22.5 Å². The molecule has 1 saturated heterocycles. The van der Waals surface area contributed by atoms with Crippen LogP contribution in [0.1, 0.15) is 79.6 Å². The molecule has 5 heterocycles. The molecule has 13 nitrogen and oxygen atoms in total. The van der Waals surface area contributed by atoms with Gasteiger partial charge in [-0.1, -0.05) is 18.2 Å². The number of aryl methyl sites for hydroxylation is 2. The number of anilines is 1. The highest BCUT2D eigenvalue weighted by atomic mass is 32.2. The van der Waals surface area contributed by atoms with E-state index in [0.717, 1.165) is 9.96 Å². The molecule has 4 aromatic rings. The lowest BCUT2D eigenvalue weighted by atomic mass is 9.70. The minimum Gasteiger partial charge on any atom is -0.481 e. The number of nitrogens with one attached hydrogen (secondary N) is 1. The second-order valence-electron chi connectivity index (χ2n) is 14.5. The van der Waals surface area contributed by atoms with E-state index in [1.54, 1.807) is 31.2 Å². The molecule has 286 valence electrons. The van der Waals surface area contributed by atoms with Gasteiger partial charge in [-0.05, 0) is 87.1 Å². The molecule has 17 heteroatoms. The lowest BCUT2D eigenvalue weighted by Gasteiger charge is -2.38. The number of ether oxygens (including phenoxy) is 2. The molecule has 0 bridgehead atoms. The number of aromatic nitrogens is 4. The zero-order valence-corrected chi connectivity index (χ0v) is 30.9. The number of hydrogen-bond acceptors (Lipinski definition) is 10. The average Bonchev–Trinajstić information content (AvgIpc) is 3.50. The summed E-state index contributed by atoms with van der Waals surface area (Å²) < 4.78 is 84.3. The minimum absolute atomic E-state index is 0.00333. The third-order valence-electron chi connectivity index (χ3n) is 10.3. The van der Waals surface area contributed by atoms with Gasteiger partial charge < -0.3 is 25.0 Å². The summed E-state index contributed by atoms with van der Waals surface area (Å²) in [7, 11) is -4.20. The molecule has 1 unspecified atom stereocenters. The Labute approximate surface area is 305 Å². The molecule has 0 amide bonds. The summed E-state index contributed by atoms with van der Waals surface area (Å²) in [6.07, 6.45) is -2.28. The van der Waals surface area contributed by atoms with Crippen molar-refractivity contribution in [1.29, 1.82) is 0 Å². The number of sulfonamides is 1. The van der Waals surface area contributed by atoms with Gasteiger partial charge in [-0.15, -0.1) is 10.2 Å². The highest BCUT2D eigenvalue weighted by Crippen LogP contribution is 2.45. The number of aliphatic hydroxyl groups is 1. The van der Waals surface area contributed by atoms with Crippen molar-refractivity contribution in [2.24, 2.45) is 5.41 Å². The second kappa shape index (κ2) is 14.2. The second-order valence-corrected chi connectivity index (χ2v) is 16.4. The molecule has 1 fully saturated rings. The first-order valence-corrected chi connectivity index (χ1v) is 18.7. The van der Waals surface area contributed by atoms with Crippen LogP contribution in [0.2, 0.25) is 0 Å². The summed E-state index contributed by atoms with van der Waals surface area (Å²) in [6.45, 7) is 8.95. The smallest absolute Gasteiger partial charge is 0.452 e. The minimum atomic E-state index is -4.75. The van der Waals surface area contributed by atoms with E-state index in [9.17, 15) is 36.6 Å². The Morgan fingerprint density at radius 1 is 1.09 bits per heavy atom. The zero-order valence-electron chi connectivity index (χ0n) is 30.1. The van der Waals surface area contributed by atoms with Crippen LogP contribution in [0.25, 0.3) is 5.65 Å². The fourth-order valence-electron chi connectivity index (χ4n) is 7.17. The van der Waals surface area contributed by atoms with E-state index >= 15 is 0 Å². The van der Waals surface area contributed by atoms with Gasteiger partial charge in [-0.25, -0.2) is 8.42 Å². The lowest BCUT2D eigenvalue weighted by Crippen LogP contribution is -2.50. The monoisotopic (exact) mass is 760 g/mol. The number of fused-ring (bicyclic) bond motifs is 2. The number of carboxylic acid groups (broad SMARTS) is 1. The topological polar surface area (TPSA) is 168 Å². The predicted octanol–water partition coefficient (Wildman–Crippen LogP) is 5.32. The van der Waals surface area contributed by atoms with Crippen molar-refractivity contribution in [3.63, 3.8) is 0 Å². The molecule has 2 atom stereocenters. The van der Waals surface area contributed by atoms with Crippen LogP contribution < -0.4 is 10.1 Å². The molecular formula is C36H43F3N6O7S. The van der Waals surface area contributed by atoms with Crippen LogP contribution in [0.15, 0.2) is 47.5 Å². The van der Waals surface area contributed by atoms with Gasteiger partial charge >= 0.3 is 12.1 Å². The van der Waals surface area contributed by atoms with E-state index in [1.807, 2.05) is 13.8 Å². The van der Waals surface area contributed by atoms with Crippen LogP contribution in [0.5, 0.6) is 5.88 Å². The van der Waals surface area contributed by atoms with Gasteiger partial charge in [0, 0.05) is 44.1 Å². The number of aliphatic carboxylic acids is 1. The Morgan fingerprint density at radius 2 is 1.81 bits per heavy atom. The predicted molar refractivity (Wildman–Crippen MR) is 187 cm³/mol. The Bertz CT molecular complexity index is 2130. The summed E-state index contributed by atoms with van der Waals surface area (Å²) >= 11 is 0. The fourth-order valence-corrected chi connectivity index (χ4v) is 8.71. The van der Waals surface area contributed by atoms with Gasteiger partial charge in [0.1, 0.15) is 16.3 Å². The molecule has 2 aliphatic rings. The van der Waals surface area contributed by atoms with Crippen molar-refractivity contribution in [1.82, 2.24) is 23.9 Å². The third kappa shape index (κ3) is 7.31. The van der Waals surface area contributed by atoms with E-state index in [0.29, 0.717) is 60.5 Å². The highest BCUT2D eigenvalue weighted by Gasteiger charge is 2.46. The number of hydrogen-bond donors (Lipinski definition) is 3. The average molecular weight is 761 g/mol. The first kappa shape index (κ1) is 38.4. The molecule has 1 spiro atoms. The quantitative estimate of drug-likeness (QED) is 0.191. The number of halogens is 3. The molecular weight excluding hydrogens is 717 g/mol. The van der Waals surface area contributed by atoms with Crippen molar-refractivity contribution in [2.45, 2.75) is 89.1 Å². The van der Waals surface area contributed by atoms with Crippen molar-refractivity contribution >= 4 is 27.5 Å². The van der Waals surface area contributed by atoms with Crippen LogP contribution >= 0.6 is 0 Å². The summed E-state index contributed by atoms with van der Waals surface area (Å²) in [5, 5.41) is 30.1. The van der Waals surface area contributed by atoms with E-state index in [2.05, 4.69) is 20.5 Å². The Balaban J connectivity index is 1.43. The molecule has 3 aromatic heterocycles. The first-order chi connectivity index (χ1) is 24.9. The third-order valence-corrected chi connectivity index (χ3v) is 12.1. The van der Waals surface area contributed by atoms with Crippen molar-refractivity contribution in [2.75, 3.05) is 31.7 Å². The van der Waals surface area contributed by atoms with Crippen LogP contribution in [-0.2, 0) is 32.3 Å².